The highest BCUT2D eigenvalue weighted by atomic mass is 19.1. The molecule has 0 atom stereocenters. The van der Waals surface area contributed by atoms with Gasteiger partial charge in [0.05, 0.1) is 11.3 Å². The van der Waals surface area contributed by atoms with E-state index in [1.165, 1.54) is 25.1 Å². The summed E-state index contributed by atoms with van der Waals surface area (Å²) < 4.78 is 38.8. The molecule has 0 aliphatic carbocycles. The van der Waals surface area contributed by atoms with Crippen LogP contribution in [0.1, 0.15) is 37.9 Å². The largest absolute Gasteiger partial charge is 0.453 e. The third-order valence-electron chi connectivity index (χ3n) is 4.43. The smallest absolute Gasteiger partial charge is 0.291 e. The molecule has 9 heteroatoms. The fourth-order valence-corrected chi connectivity index (χ4v) is 2.97. The highest BCUT2D eigenvalue weighted by Gasteiger charge is 2.21. The van der Waals surface area contributed by atoms with Crippen LogP contribution in [0.3, 0.4) is 0 Å². The van der Waals surface area contributed by atoms with Crippen LogP contribution in [0.15, 0.2) is 47.0 Å². The lowest BCUT2D eigenvalue weighted by atomic mass is 10.1. The van der Waals surface area contributed by atoms with E-state index in [-0.39, 0.29) is 30.2 Å². The fraction of sp³-hybridized carbons (Fsp3) is 0.227. The third kappa shape index (κ3) is 5.32. The lowest BCUT2D eigenvalue weighted by Gasteiger charge is -2.18. The van der Waals surface area contributed by atoms with Crippen molar-refractivity contribution in [2.75, 3.05) is 19.5 Å². The third-order valence-corrected chi connectivity index (χ3v) is 4.43. The monoisotopic (exact) mass is 429 g/mol. The van der Waals surface area contributed by atoms with E-state index in [1.807, 2.05) is 6.92 Å². The summed E-state index contributed by atoms with van der Waals surface area (Å²) in [5, 5.41) is 2.31. The van der Waals surface area contributed by atoms with E-state index in [0.717, 1.165) is 17.3 Å². The molecule has 0 saturated heterocycles. The molecule has 0 fully saturated rings. The van der Waals surface area contributed by atoms with Gasteiger partial charge in [-0.2, -0.15) is 0 Å². The number of rotatable bonds is 7. The summed E-state index contributed by atoms with van der Waals surface area (Å²) in [4.78, 5) is 30.5. The summed E-state index contributed by atoms with van der Waals surface area (Å²) in [6, 6.07) is 8.03. The van der Waals surface area contributed by atoms with Crippen molar-refractivity contribution in [2.45, 2.75) is 20.1 Å². The number of halogens is 2. The van der Waals surface area contributed by atoms with Crippen molar-refractivity contribution in [3.8, 4) is 0 Å². The molecule has 2 amide bonds. The standard InChI is InChI=1S/C22H21F2N3O4/c1-13-8-14(6-7-25-13)11-27(2)22(29)16-9-19(18(24)10-17(16)23)26-21(28)20-5-4-15(31-20)12-30-3/h4-10H,11-12H2,1-3H3,(H,26,28). The van der Waals surface area contributed by atoms with Crippen LogP contribution in [0.2, 0.25) is 0 Å². The quantitative estimate of drug-likeness (QED) is 0.615. The van der Waals surface area contributed by atoms with Crippen LogP contribution in [0.5, 0.6) is 0 Å². The molecule has 0 radical (unpaired) electrons. The minimum atomic E-state index is -1.03. The first-order chi connectivity index (χ1) is 14.8. The number of aromatic nitrogens is 1. The molecule has 1 aromatic carbocycles. The molecular formula is C22H21F2N3O4. The number of benzene rings is 1. The molecule has 0 aliphatic rings. The summed E-state index contributed by atoms with van der Waals surface area (Å²) in [7, 11) is 2.97. The first kappa shape index (κ1) is 22.1. The van der Waals surface area contributed by atoms with Gasteiger partial charge < -0.3 is 19.4 Å². The van der Waals surface area contributed by atoms with E-state index in [2.05, 4.69) is 10.3 Å². The average Bonchev–Trinajstić information content (AvgIpc) is 3.18. The van der Waals surface area contributed by atoms with Gasteiger partial charge in [0.25, 0.3) is 11.8 Å². The Morgan fingerprint density at radius 3 is 2.65 bits per heavy atom. The maximum atomic E-state index is 14.3. The van der Waals surface area contributed by atoms with E-state index in [9.17, 15) is 18.4 Å². The number of ether oxygens (including phenoxy) is 1. The number of hydrogen-bond acceptors (Lipinski definition) is 5. The number of carbonyl (C=O) groups excluding carboxylic acids is 2. The number of amides is 2. The highest BCUT2D eigenvalue weighted by molar-refractivity contribution is 6.03. The van der Waals surface area contributed by atoms with Gasteiger partial charge in [0.2, 0.25) is 0 Å². The molecule has 0 aliphatic heterocycles. The van der Waals surface area contributed by atoms with Gasteiger partial charge in [-0.25, -0.2) is 8.78 Å². The van der Waals surface area contributed by atoms with E-state index >= 15 is 0 Å². The molecule has 162 valence electrons. The number of pyridine rings is 1. The van der Waals surface area contributed by atoms with Crippen LogP contribution in [0, 0.1) is 18.6 Å². The number of furan rings is 1. The average molecular weight is 429 g/mol. The lowest BCUT2D eigenvalue weighted by Crippen LogP contribution is -2.27. The van der Waals surface area contributed by atoms with Crippen molar-refractivity contribution in [1.82, 2.24) is 9.88 Å². The zero-order valence-electron chi connectivity index (χ0n) is 17.2. The van der Waals surface area contributed by atoms with Crippen LogP contribution in [-0.4, -0.2) is 35.9 Å². The van der Waals surface area contributed by atoms with Crippen molar-refractivity contribution in [2.24, 2.45) is 0 Å². The SMILES string of the molecule is COCc1ccc(C(=O)Nc2cc(C(=O)N(C)Cc3ccnc(C)c3)c(F)cc2F)o1. The van der Waals surface area contributed by atoms with Crippen LogP contribution in [0.4, 0.5) is 14.5 Å². The first-order valence-corrected chi connectivity index (χ1v) is 9.33. The Hall–Kier alpha value is -3.59. The zero-order chi connectivity index (χ0) is 22.5. The van der Waals surface area contributed by atoms with Gasteiger partial charge in [0, 0.05) is 38.7 Å². The fourth-order valence-electron chi connectivity index (χ4n) is 2.97. The number of aryl methyl sites for hydroxylation is 1. The summed E-state index contributed by atoms with van der Waals surface area (Å²) >= 11 is 0. The van der Waals surface area contributed by atoms with Crippen molar-refractivity contribution >= 4 is 17.5 Å². The van der Waals surface area contributed by atoms with Crippen LogP contribution in [0.25, 0.3) is 0 Å². The van der Waals surface area contributed by atoms with Crippen molar-refractivity contribution in [3.05, 3.63) is 82.6 Å². The van der Waals surface area contributed by atoms with Gasteiger partial charge >= 0.3 is 0 Å². The van der Waals surface area contributed by atoms with Crippen molar-refractivity contribution in [1.29, 1.82) is 0 Å². The molecule has 7 nitrogen and oxygen atoms in total. The van der Waals surface area contributed by atoms with Gasteiger partial charge in [-0.05, 0) is 42.8 Å². The number of carbonyl (C=O) groups is 2. The Kier molecular flexibility index (Phi) is 6.76. The zero-order valence-corrected chi connectivity index (χ0v) is 17.2. The maximum absolute atomic E-state index is 14.3. The van der Waals surface area contributed by atoms with Crippen LogP contribution in [-0.2, 0) is 17.9 Å². The molecular weight excluding hydrogens is 408 g/mol. The van der Waals surface area contributed by atoms with Gasteiger partial charge in [-0.3, -0.25) is 14.6 Å². The van der Waals surface area contributed by atoms with Crippen molar-refractivity contribution < 1.29 is 27.5 Å². The van der Waals surface area contributed by atoms with Crippen molar-refractivity contribution in [3.63, 3.8) is 0 Å². The second-order valence-corrected chi connectivity index (χ2v) is 6.93. The summed E-state index contributed by atoms with van der Waals surface area (Å²) in [6.07, 6.45) is 1.61. The van der Waals surface area contributed by atoms with Gasteiger partial charge in [-0.15, -0.1) is 0 Å². The van der Waals surface area contributed by atoms with E-state index in [1.54, 1.807) is 24.4 Å². The minimum absolute atomic E-state index is 0.0752. The van der Waals surface area contributed by atoms with Crippen LogP contribution >= 0.6 is 0 Å². The lowest BCUT2D eigenvalue weighted by molar-refractivity contribution is 0.0780. The van der Waals surface area contributed by atoms with E-state index < -0.39 is 23.4 Å². The maximum Gasteiger partial charge on any atom is 0.291 e. The Labute approximate surface area is 177 Å². The summed E-state index contributed by atoms with van der Waals surface area (Å²) in [6.45, 7) is 2.19. The Morgan fingerprint density at radius 1 is 1.16 bits per heavy atom. The predicted molar refractivity (Wildman–Crippen MR) is 109 cm³/mol. The number of nitrogens with one attached hydrogen (secondary N) is 1. The minimum Gasteiger partial charge on any atom is -0.453 e. The van der Waals surface area contributed by atoms with E-state index in [0.29, 0.717) is 11.8 Å². The molecule has 31 heavy (non-hydrogen) atoms. The molecule has 0 bridgehead atoms. The summed E-state index contributed by atoms with van der Waals surface area (Å²) in [5.74, 6) is -3.11. The number of hydrogen-bond donors (Lipinski definition) is 1. The number of nitrogens with zero attached hydrogens (tertiary/aromatic N) is 2. The molecule has 0 spiro atoms. The Balaban J connectivity index is 1.79. The molecule has 0 unspecified atom stereocenters. The summed E-state index contributed by atoms with van der Waals surface area (Å²) in [5.41, 5.74) is 0.879. The Morgan fingerprint density at radius 2 is 1.94 bits per heavy atom. The molecule has 2 aromatic heterocycles. The number of methoxy groups -OCH3 is 1. The van der Waals surface area contributed by atoms with Gasteiger partial charge in [-0.1, -0.05) is 0 Å². The predicted octanol–water partition coefficient (Wildman–Crippen LogP) is 3.93. The second-order valence-electron chi connectivity index (χ2n) is 6.93. The van der Waals surface area contributed by atoms with Crippen LogP contribution < -0.4 is 5.32 Å². The Bertz CT molecular complexity index is 1110. The van der Waals surface area contributed by atoms with E-state index in [4.69, 9.17) is 9.15 Å². The highest BCUT2D eigenvalue weighted by Crippen LogP contribution is 2.22. The van der Waals surface area contributed by atoms with Gasteiger partial charge in [0.15, 0.2) is 5.76 Å². The molecule has 1 N–H and O–H groups in total. The molecule has 2 heterocycles. The topological polar surface area (TPSA) is 84.7 Å². The second kappa shape index (κ2) is 9.48. The molecule has 0 saturated carbocycles. The van der Waals surface area contributed by atoms with Gasteiger partial charge in [0.1, 0.15) is 24.0 Å². The molecule has 3 rings (SSSR count). The number of anilines is 1. The molecule has 3 aromatic rings. The first-order valence-electron chi connectivity index (χ1n) is 9.33. The normalized spacial score (nSPS) is 10.7.